The topological polar surface area (TPSA) is 78.9 Å². The Morgan fingerprint density at radius 2 is 0.603 bits per heavy atom. The van der Waals surface area contributed by atoms with E-state index in [1.165, 1.54) is 186 Å². The van der Waals surface area contributed by atoms with Gasteiger partial charge in [0.2, 0.25) is 0 Å². The van der Waals surface area contributed by atoms with Gasteiger partial charge in [0.1, 0.15) is 13.2 Å². The molecule has 0 fully saturated rings. The van der Waals surface area contributed by atoms with Gasteiger partial charge in [0.25, 0.3) is 0 Å². The molecule has 2 atom stereocenters. The summed E-state index contributed by atoms with van der Waals surface area (Å²) in [5, 5.41) is 0. The molecule has 6 heteroatoms. The van der Waals surface area contributed by atoms with Crippen LogP contribution in [0.2, 0.25) is 0 Å². The molecule has 0 saturated carbocycles. The molecule has 0 amide bonds. The van der Waals surface area contributed by atoms with E-state index in [2.05, 4.69) is 27.7 Å². The summed E-state index contributed by atoms with van der Waals surface area (Å²) in [7, 11) is 0. The van der Waals surface area contributed by atoms with Gasteiger partial charge < -0.3 is 14.2 Å². The highest BCUT2D eigenvalue weighted by Crippen LogP contribution is 2.17. The van der Waals surface area contributed by atoms with Gasteiger partial charge in [0, 0.05) is 19.3 Å². The lowest BCUT2D eigenvalue weighted by atomic mass is 9.99. The van der Waals surface area contributed by atoms with E-state index in [-0.39, 0.29) is 31.1 Å². The first kappa shape index (κ1) is 56.4. The maximum Gasteiger partial charge on any atom is 0.306 e. The van der Waals surface area contributed by atoms with Gasteiger partial charge in [-0.3, -0.25) is 14.4 Å². The quantitative estimate of drug-likeness (QED) is 0.0346. The molecule has 58 heavy (non-hydrogen) atoms. The minimum Gasteiger partial charge on any atom is -0.462 e. The Morgan fingerprint density at radius 3 is 0.897 bits per heavy atom. The number of carbonyl (C=O) groups is 3. The molecule has 0 aliphatic carbocycles. The summed E-state index contributed by atoms with van der Waals surface area (Å²) >= 11 is 0. The van der Waals surface area contributed by atoms with Gasteiger partial charge in [-0.25, -0.2) is 0 Å². The molecule has 0 aromatic carbocycles. The highest BCUT2D eigenvalue weighted by atomic mass is 16.6. The molecule has 0 aliphatic rings. The predicted octanol–water partition coefficient (Wildman–Crippen LogP) is 16.7. The fraction of sp³-hybridized carbons (Fsp3) is 0.942. The smallest absolute Gasteiger partial charge is 0.306 e. The molecular formula is C52H100O6. The van der Waals surface area contributed by atoms with Crippen molar-refractivity contribution in [3.63, 3.8) is 0 Å². The monoisotopic (exact) mass is 821 g/mol. The van der Waals surface area contributed by atoms with Crippen molar-refractivity contribution in [3.05, 3.63) is 0 Å². The Hall–Kier alpha value is -1.59. The number of rotatable bonds is 47. The molecule has 0 N–H and O–H groups in total. The first-order valence-corrected chi connectivity index (χ1v) is 25.9. The molecule has 0 bridgehead atoms. The molecule has 0 radical (unpaired) electrons. The van der Waals surface area contributed by atoms with Gasteiger partial charge in [-0.1, -0.05) is 252 Å². The lowest BCUT2D eigenvalue weighted by Gasteiger charge is -2.18. The van der Waals surface area contributed by atoms with Crippen molar-refractivity contribution >= 4 is 17.9 Å². The molecule has 0 aliphatic heterocycles. The Balaban J connectivity index is 4.29. The zero-order valence-corrected chi connectivity index (χ0v) is 39.5. The van der Waals surface area contributed by atoms with Gasteiger partial charge in [0.05, 0.1) is 0 Å². The van der Waals surface area contributed by atoms with Crippen molar-refractivity contribution in [2.45, 2.75) is 297 Å². The van der Waals surface area contributed by atoms with Crippen LogP contribution in [0.15, 0.2) is 0 Å². The van der Waals surface area contributed by atoms with E-state index in [1.807, 2.05) is 0 Å². The fourth-order valence-corrected chi connectivity index (χ4v) is 7.83. The number of esters is 3. The molecule has 0 aromatic rings. The van der Waals surface area contributed by atoms with Crippen LogP contribution in [0.5, 0.6) is 0 Å². The number of hydrogen-bond acceptors (Lipinski definition) is 6. The summed E-state index contributed by atoms with van der Waals surface area (Å²) in [5.74, 6) is 0.00131. The molecule has 0 heterocycles. The third-order valence-electron chi connectivity index (χ3n) is 12.2. The largest absolute Gasteiger partial charge is 0.462 e. The van der Waals surface area contributed by atoms with Crippen molar-refractivity contribution in [3.8, 4) is 0 Å². The summed E-state index contributed by atoms with van der Waals surface area (Å²) in [6, 6.07) is 0. The van der Waals surface area contributed by atoms with Crippen molar-refractivity contribution in [2.24, 2.45) is 5.92 Å². The number of ether oxygens (including phenoxy) is 3. The van der Waals surface area contributed by atoms with Crippen molar-refractivity contribution in [1.82, 2.24) is 0 Å². The lowest BCUT2D eigenvalue weighted by molar-refractivity contribution is -0.167. The minimum atomic E-state index is -0.760. The fourth-order valence-electron chi connectivity index (χ4n) is 7.83. The van der Waals surface area contributed by atoms with E-state index in [9.17, 15) is 14.4 Å². The molecule has 6 nitrogen and oxygen atoms in total. The van der Waals surface area contributed by atoms with Crippen LogP contribution in [0, 0.1) is 5.92 Å². The molecule has 0 aromatic heterocycles. The maximum atomic E-state index is 12.8. The van der Waals surface area contributed by atoms with E-state index in [0.29, 0.717) is 19.3 Å². The summed E-state index contributed by atoms with van der Waals surface area (Å²) in [6.45, 7) is 9.02. The lowest BCUT2D eigenvalue weighted by Crippen LogP contribution is -2.30. The maximum absolute atomic E-state index is 12.8. The van der Waals surface area contributed by atoms with Crippen LogP contribution in [0.25, 0.3) is 0 Å². The van der Waals surface area contributed by atoms with Gasteiger partial charge in [-0.15, -0.1) is 0 Å². The zero-order chi connectivity index (χ0) is 42.4. The standard InChI is InChI=1S/C52H100O6/c1-5-8-10-12-14-16-18-19-20-21-22-23-25-27-33-37-41-45-52(55)58-49(46-56-50(53)43-39-35-31-26-24-17-15-13-11-9-6-2)47-57-51(54)44-40-36-32-29-28-30-34-38-42-48(4)7-3/h48-49H,5-47H2,1-4H3/t48?,49-/m0/s1. The summed E-state index contributed by atoms with van der Waals surface area (Å²) in [6.07, 6.45) is 48.0. The van der Waals surface area contributed by atoms with Crippen LogP contribution in [0.3, 0.4) is 0 Å². The first-order chi connectivity index (χ1) is 28.4. The average molecular weight is 821 g/mol. The SMILES string of the molecule is CCCCCCCCCCCCCCCCCCCC(=O)O[C@@H](COC(=O)CCCCCCCCCCCCC)COC(=O)CCCCCCCCCCC(C)CC. The van der Waals surface area contributed by atoms with Gasteiger partial charge in [-0.05, 0) is 25.2 Å². The van der Waals surface area contributed by atoms with Crippen molar-refractivity contribution in [2.75, 3.05) is 13.2 Å². The second-order valence-corrected chi connectivity index (χ2v) is 18.1. The van der Waals surface area contributed by atoms with Gasteiger partial charge in [0.15, 0.2) is 6.10 Å². The van der Waals surface area contributed by atoms with E-state index in [0.717, 1.165) is 63.7 Å². The first-order valence-electron chi connectivity index (χ1n) is 25.9. The van der Waals surface area contributed by atoms with E-state index in [4.69, 9.17) is 14.2 Å². The van der Waals surface area contributed by atoms with E-state index >= 15 is 0 Å². The van der Waals surface area contributed by atoms with Crippen LogP contribution in [-0.2, 0) is 28.6 Å². The molecule has 344 valence electrons. The van der Waals surface area contributed by atoms with Crippen LogP contribution < -0.4 is 0 Å². The van der Waals surface area contributed by atoms with Crippen molar-refractivity contribution < 1.29 is 28.6 Å². The molecule has 0 rings (SSSR count). The number of unbranched alkanes of at least 4 members (excludes halogenated alkanes) is 33. The average Bonchev–Trinajstić information content (AvgIpc) is 3.22. The highest BCUT2D eigenvalue weighted by molar-refractivity contribution is 5.71. The summed E-state index contributed by atoms with van der Waals surface area (Å²) in [4.78, 5) is 37.9. The van der Waals surface area contributed by atoms with Crippen LogP contribution in [0.1, 0.15) is 291 Å². The Morgan fingerprint density at radius 1 is 0.345 bits per heavy atom. The zero-order valence-electron chi connectivity index (χ0n) is 39.5. The second kappa shape index (κ2) is 46.5. The predicted molar refractivity (Wildman–Crippen MR) is 247 cm³/mol. The minimum absolute atomic E-state index is 0.0632. The van der Waals surface area contributed by atoms with Crippen LogP contribution in [0.4, 0.5) is 0 Å². The van der Waals surface area contributed by atoms with Crippen molar-refractivity contribution in [1.29, 1.82) is 0 Å². The van der Waals surface area contributed by atoms with Crippen LogP contribution in [-0.4, -0.2) is 37.2 Å². The highest BCUT2D eigenvalue weighted by Gasteiger charge is 2.19. The summed E-state index contributed by atoms with van der Waals surface area (Å²) < 4.78 is 16.8. The third kappa shape index (κ3) is 44.0. The van der Waals surface area contributed by atoms with Gasteiger partial charge in [-0.2, -0.15) is 0 Å². The number of hydrogen-bond donors (Lipinski definition) is 0. The van der Waals surface area contributed by atoms with E-state index < -0.39 is 6.10 Å². The van der Waals surface area contributed by atoms with Gasteiger partial charge >= 0.3 is 17.9 Å². The molecule has 0 spiro atoms. The van der Waals surface area contributed by atoms with Crippen LogP contribution >= 0.6 is 0 Å². The Bertz CT molecular complexity index is 874. The normalized spacial score (nSPS) is 12.4. The Kier molecular flexibility index (Phi) is 45.2. The molecular weight excluding hydrogens is 721 g/mol. The third-order valence-corrected chi connectivity index (χ3v) is 12.2. The molecule has 1 unspecified atom stereocenters. The van der Waals surface area contributed by atoms with E-state index in [1.54, 1.807) is 0 Å². The number of carbonyl (C=O) groups excluding carboxylic acids is 3. The Labute approximate surface area is 361 Å². The summed E-state index contributed by atoms with van der Waals surface area (Å²) in [5.41, 5.74) is 0. The molecule has 0 saturated heterocycles. The second-order valence-electron chi connectivity index (χ2n) is 18.1.